The number of hydrogen-bond acceptors (Lipinski definition) is 4. The number of nitrogens with zero attached hydrogens (tertiary/aromatic N) is 2. The van der Waals surface area contributed by atoms with Gasteiger partial charge in [-0.25, -0.2) is 4.98 Å². The summed E-state index contributed by atoms with van der Waals surface area (Å²) in [5, 5.41) is 3.01. The first-order valence-corrected chi connectivity index (χ1v) is 12.2. The van der Waals surface area contributed by atoms with Gasteiger partial charge in [-0.05, 0) is 74.9 Å². The summed E-state index contributed by atoms with van der Waals surface area (Å²) < 4.78 is 13.8. The molecular weight excluding hydrogens is 414 g/mol. The maximum atomic E-state index is 12.0. The van der Waals surface area contributed by atoms with E-state index in [-0.39, 0.29) is 12.0 Å². The summed E-state index contributed by atoms with van der Waals surface area (Å²) in [5.41, 5.74) is 4.70. The Labute approximate surface area is 196 Å². The van der Waals surface area contributed by atoms with Crippen LogP contribution < -0.4 is 10.1 Å². The minimum absolute atomic E-state index is 0.0399. The van der Waals surface area contributed by atoms with Crippen molar-refractivity contribution in [3.63, 3.8) is 0 Å². The van der Waals surface area contributed by atoms with Crippen LogP contribution in [0.25, 0.3) is 11.0 Å². The number of hydrogen-bond donors (Lipinski definition) is 1. The van der Waals surface area contributed by atoms with Crippen molar-refractivity contribution in [2.75, 3.05) is 19.8 Å². The van der Waals surface area contributed by atoms with E-state index in [1.807, 2.05) is 12.1 Å². The van der Waals surface area contributed by atoms with Gasteiger partial charge in [-0.2, -0.15) is 0 Å². The second-order valence-corrected chi connectivity index (χ2v) is 8.87. The smallest absolute Gasteiger partial charge is 0.249 e. The van der Waals surface area contributed by atoms with E-state index in [4.69, 9.17) is 14.5 Å². The van der Waals surface area contributed by atoms with E-state index in [0.717, 1.165) is 67.7 Å². The number of nitrogens with one attached hydrogen (secondary N) is 1. The van der Waals surface area contributed by atoms with Crippen molar-refractivity contribution in [2.24, 2.45) is 0 Å². The van der Waals surface area contributed by atoms with Gasteiger partial charge < -0.3 is 19.4 Å². The largest absolute Gasteiger partial charge is 0.492 e. The predicted molar refractivity (Wildman–Crippen MR) is 131 cm³/mol. The summed E-state index contributed by atoms with van der Waals surface area (Å²) in [6.07, 6.45) is 5.55. The number of para-hydroxylation sites is 2. The molecule has 1 aliphatic heterocycles. The van der Waals surface area contributed by atoms with Gasteiger partial charge in [0.05, 0.1) is 17.6 Å². The number of aryl methyl sites for hydroxylation is 3. The summed E-state index contributed by atoms with van der Waals surface area (Å²) in [5.74, 6) is 2.05. The van der Waals surface area contributed by atoms with Gasteiger partial charge in [-0.15, -0.1) is 0 Å². The van der Waals surface area contributed by atoms with Crippen molar-refractivity contribution in [1.29, 1.82) is 0 Å². The Bertz CT molecular complexity index is 1070. The van der Waals surface area contributed by atoms with Crippen LogP contribution in [-0.4, -0.2) is 41.3 Å². The Balaban J connectivity index is 1.27. The molecule has 0 aliphatic carbocycles. The second kappa shape index (κ2) is 11.3. The van der Waals surface area contributed by atoms with Crippen molar-refractivity contribution in [3.8, 4) is 5.75 Å². The molecule has 3 aromatic rings. The maximum Gasteiger partial charge on any atom is 0.249 e. The number of imidazole rings is 1. The lowest BCUT2D eigenvalue weighted by Gasteiger charge is -2.12. The van der Waals surface area contributed by atoms with Crippen LogP contribution in [0.15, 0.2) is 42.5 Å². The van der Waals surface area contributed by atoms with Crippen LogP contribution in [0.4, 0.5) is 0 Å². The third-order valence-electron chi connectivity index (χ3n) is 6.39. The molecule has 1 aromatic heterocycles. The van der Waals surface area contributed by atoms with Crippen molar-refractivity contribution < 1.29 is 14.3 Å². The first kappa shape index (κ1) is 23.3. The Morgan fingerprint density at radius 1 is 1.15 bits per heavy atom. The van der Waals surface area contributed by atoms with Crippen LogP contribution in [0.5, 0.6) is 5.75 Å². The molecule has 1 atom stereocenters. The van der Waals surface area contributed by atoms with E-state index in [2.05, 4.69) is 54.1 Å². The molecule has 2 heterocycles. The molecular formula is C27H35N3O3. The van der Waals surface area contributed by atoms with Gasteiger partial charge in [0.15, 0.2) is 0 Å². The highest BCUT2D eigenvalue weighted by atomic mass is 16.5. The predicted octanol–water partition coefficient (Wildman–Crippen LogP) is 4.74. The lowest BCUT2D eigenvalue weighted by molar-refractivity contribution is -0.130. The fourth-order valence-corrected chi connectivity index (χ4v) is 4.32. The normalized spacial score (nSPS) is 15.8. The van der Waals surface area contributed by atoms with Gasteiger partial charge in [0.25, 0.3) is 0 Å². The molecule has 1 fully saturated rings. The van der Waals surface area contributed by atoms with Crippen molar-refractivity contribution in [2.45, 2.75) is 65.0 Å². The Hall–Kier alpha value is -2.86. The molecule has 0 bridgehead atoms. The van der Waals surface area contributed by atoms with Crippen molar-refractivity contribution in [1.82, 2.24) is 14.9 Å². The first-order valence-electron chi connectivity index (χ1n) is 12.2. The summed E-state index contributed by atoms with van der Waals surface area (Å²) >= 11 is 0. The number of aromatic nitrogens is 2. The molecule has 1 unspecified atom stereocenters. The Morgan fingerprint density at radius 3 is 2.85 bits per heavy atom. The third kappa shape index (κ3) is 6.14. The third-order valence-corrected chi connectivity index (χ3v) is 6.39. The fourth-order valence-electron chi connectivity index (χ4n) is 4.32. The van der Waals surface area contributed by atoms with Crippen LogP contribution in [0.2, 0.25) is 0 Å². The lowest BCUT2D eigenvalue weighted by atomic mass is 10.1. The zero-order chi connectivity index (χ0) is 23.0. The molecule has 1 aliphatic rings. The van der Waals surface area contributed by atoms with Gasteiger partial charge in [0, 0.05) is 19.6 Å². The molecule has 2 aromatic carbocycles. The van der Waals surface area contributed by atoms with Crippen molar-refractivity contribution >= 4 is 16.9 Å². The minimum Gasteiger partial charge on any atom is -0.492 e. The van der Waals surface area contributed by atoms with Gasteiger partial charge in [0.1, 0.15) is 24.3 Å². The highest BCUT2D eigenvalue weighted by molar-refractivity contribution is 5.80. The molecule has 0 saturated carbocycles. The van der Waals surface area contributed by atoms with Crippen LogP contribution in [0.1, 0.15) is 49.1 Å². The molecule has 33 heavy (non-hydrogen) atoms. The molecule has 1 amide bonds. The van der Waals surface area contributed by atoms with Crippen molar-refractivity contribution in [3.05, 3.63) is 59.4 Å². The topological polar surface area (TPSA) is 65.4 Å². The zero-order valence-corrected chi connectivity index (χ0v) is 19.8. The zero-order valence-electron chi connectivity index (χ0n) is 19.8. The van der Waals surface area contributed by atoms with E-state index >= 15 is 0 Å². The summed E-state index contributed by atoms with van der Waals surface area (Å²) in [4.78, 5) is 16.9. The second-order valence-electron chi connectivity index (χ2n) is 8.87. The molecule has 0 radical (unpaired) electrons. The monoisotopic (exact) mass is 449 g/mol. The first-order chi connectivity index (χ1) is 16.1. The number of unbranched alkanes of at least 4 members (excludes halogenated alkanes) is 2. The number of fused-ring (bicyclic) bond motifs is 1. The number of amides is 1. The highest BCUT2D eigenvalue weighted by Gasteiger charge is 2.22. The highest BCUT2D eigenvalue weighted by Crippen LogP contribution is 2.20. The number of rotatable bonds is 11. The quantitative estimate of drug-likeness (QED) is 0.430. The maximum absolute atomic E-state index is 12.0. The van der Waals surface area contributed by atoms with E-state index < -0.39 is 0 Å². The molecule has 1 saturated heterocycles. The van der Waals surface area contributed by atoms with Crippen LogP contribution in [-0.2, 0) is 22.5 Å². The minimum atomic E-state index is -0.240. The molecule has 1 N–H and O–H groups in total. The Kier molecular flexibility index (Phi) is 8.00. The summed E-state index contributed by atoms with van der Waals surface area (Å²) in [7, 11) is 0. The Morgan fingerprint density at radius 2 is 2.03 bits per heavy atom. The van der Waals surface area contributed by atoms with E-state index in [1.54, 1.807) is 0 Å². The standard InChI is InChI=1S/C27H35N3O3/c1-20-13-14-22(19-21(20)2)32-18-16-30-24-10-6-5-9-23(24)29-26(30)12-4-3-7-15-28-27(31)25-11-8-17-33-25/h5-6,9-10,13-14,19,25H,3-4,7-8,11-12,15-18H2,1-2H3,(H,28,31). The van der Waals surface area contributed by atoms with Gasteiger partial charge in [-0.3, -0.25) is 4.79 Å². The molecule has 6 nitrogen and oxygen atoms in total. The summed E-state index contributed by atoms with van der Waals surface area (Å²) in [6, 6.07) is 14.5. The SMILES string of the molecule is Cc1ccc(OCCn2c(CCCCCNC(=O)C3CCCO3)nc3ccccc32)cc1C. The molecule has 6 heteroatoms. The summed E-state index contributed by atoms with van der Waals surface area (Å²) in [6.45, 7) is 7.00. The average molecular weight is 450 g/mol. The van der Waals surface area contributed by atoms with Crippen LogP contribution >= 0.6 is 0 Å². The van der Waals surface area contributed by atoms with E-state index in [0.29, 0.717) is 19.8 Å². The van der Waals surface area contributed by atoms with Gasteiger partial charge in [-0.1, -0.05) is 24.6 Å². The van der Waals surface area contributed by atoms with Crippen LogP contribution in [0, 0.1) is 13.8 Å². The number of benzene rings is 2. The van der Waals surface area contributed by atoms with E-state index in [1.165, 1.54) is 11.1 Å². The number of ether oxygens (including phenoxy) is 2. The fraction of sp³-hybridized carbons (Fsp3) is 0.481. The molecule has 176 valence electrons. The van der Waals surface area contributed by atoms with Crippen LogP contribution in [0.3, 0.4) is 0 Å². The average Bonchev–Trinajstić information content (AvgIpc) is 3.47. The van der Waals surface area contributed by atoms with Gasteiger partial charge >= 0.3 is 0 Å². The molecule has 0 spiro atoms. The lowest BCUT2D eigenvalue weighted by Crippen LogP contribution is -2.34. The molecule has 4 rings (SSSR count). The van der Waals surface area contributed by atoms with E-state index in [9.17, 15) is 4.79 Å². The number of carbonyl (C=O) groups is 1. The van der Waals surface area contributed by atoms with Gasteiger partial charge in [0.2, 0.25) is 5.91 Å². The number of carbonyl (C=O) groups excluding carboxylic acids is 1.